The fourth-order valence-electron chi connectivity index (χ4n) is 1.88. The Bertz CT molecular complexity index is 446. The zero-order valence-corrected chi connectivity index (χ0v) is 11.9. The van der Waals surface area contributed by atoms with E-state index in [2.05, 4.69) is 10.3 Å². The summed E-state index contributed by atoms with van der Waals surface area (Å²) in [5, 5.41) is 13.3. The molecule has 0 saturated heterocycles. The average molecular weight is 266 g/mol. The van der Waals surface area contributed by atoms with Crippen molar-refractivity contribution in [1.29, 1.82) is 0 Å². The standard InChI is InChI=1S/C14H22N2O3/c1-9(2)15-7-12(17)10-5-6-13-11(16-10)8-18-14(3,4)19-13/h5-6,9,12,15,17H,7-8H2,1-4H3. The number of pyridine rings is 1. The number of aromatic nitrogens is 1. The molecular formula is C14H22N2O3. The van der Waals surface area contributed by atoms with Crippen LogP contribution in [-0.4, -0.2) is 28.5 Å². The van der Waals surface area contributed by atoms with Crippen LogP contribution in [0, 0.1) is 0 Å². The monoisotopic (exact) mass is 266 g/mol. The molecule has 1 aliphatic rings. The molecule has 1 aromatic heterocycles. The molecule has 1 unspecified atom stereocenters. The van der Waals surface area contributed by atoms with Crippen molar-refractivity contribution in [2.24, 2.45) is 0 Å². The van der Waals surface area contributed by atoms with Crippen molar-refractivity contribution >= 4 is 0 Å². The summed E-state index contributed by atoms with van der Waals surface area (Å²) >= 11 is 0. The molecule has 5 heteroatoms. The summed E-state index contributed by atoms with van der Waals surface area (Å²) in [7, 11) is 0. The molecule has 0 bridgehead atoms. The predicted octanol–water partition coefficient (Wildman–Crippen LogP) is 1.76. The van der Waals surface area contributed by atoms with E-state index >= 15 is 0 Å². The largest absolute Gasteiger partial charge is 0.461 e. The summed E-state index contributed by atoms with van der Waals surface area (Å²) in [6.45, 7) is 8.70. The fourth-order valence-corrected chi connectivity index (χ4v) is 1.88. The van der Waals surface area contributed by atoms with Gasteiger partial charge in [0.2, 0.25) is 5.79 Å². The Balaban J connectivity index is 2.09. The normalized spacial score (nSPS) is 18.8. The molecule has 0 amide bonds. The van der Waals surface area contributed by atoms with Crippen LogP contribution >= 0.6 is 0 Å². The Hall–Kier alpha value is -1.17. The van der Waals surface area contributed by atoms with Crippen LogP contribution in [-0.2, 0) is 11.3 Å². The number of hydrogen-bond acceptors (Lipinski definition) is 5. The SMILES string of the molecule is CC(C)NCC(O)c1ccc2c(n1)COC(C)(C)O2. The molecule has 19 heavy (non-hydrogen) atoms. The Morgan fingerprint density at radius 2 is 2.16 bits per heavy atom. The van der Waals surface area contributed by atoms with Gasteiger partial charge in [0.15, 0.2) is 0 Å². The first kappa shape index (κ1) is 14.2. The number of ether oxygens (including phenoxy) is 2. The first-order valence-corrected chi connectivity index (χ1v) is 6.61. The maximum atomic E-state index is 10.1. The topological polar surface area (TPSA) is 63.6 Å². The van der Waals surface area contributed by atoms with Crippen molar-refractivity contribution in [2.75, 3.05) is 6.54 Å². The van der Waals surface area contributed by atoms with E-state index in [-0.39, 0.29) is 0 Å². The van der Waals surface area contributed by atoms with Crippen molar-refractivity contribution in [3.8, 4) is 5.75 Å². The number of aliphatic hydroxyl groups excluding tert-OH is 1. The van der Waals surface area contributed by atoms with Crippen molar-refractivity contribution in [3.63, 3.8) is 0 Å². The second-order valence-electron chi connectivity index (χ2n) is 5.55. The summed E-state index contributed by atoms with van der Waals surface area (Å²) in [6.07, 6.45) is -0.623. The quantitative estimate of drug-likeness (QED) is 0.869. The summed E-state index contributed by atoms with van der Waals surface area (Å²) in [5.41, 5.74) is 1.37. The molecular weight excluding hydrogens is 244 g/mol. The van der Waals surface area contributed by atoms with Crippen LogP contribution in [0.3, 0.4) is 0 Å². The molecule has 2 rings (SSSR count). The van der Waals surface area contributed by atoms with Gasteiger partial charge in [0.1, 0.15) is 17.5 Å². The molecule has 0 aliphatic carbocycles. The lowest BCUT2D eigenvalue weighted by Crippen LogP contribution is -2.36. The molecule has 0 spiro atoms. The van der Waals surface area contributed by atoms with Gasteiger partial charge in [0.05, 0.1) is 12.3 Å². The highest BCUT2D eigenvalue weighted by Gasteiger charge is 2.28. The Kier molecular flexibility index (Phi) is 4.08. The molecule has 5 nitrogen and oxygen atoms in total. The lowest BCUT2D eigenvalue weighted by molar-refractivity contribution is -0.181. The lowest BCUT2D eigenvalue weighted by Gasteiger charge is -2.32. The predicted molar refractivity (Wildman–Crippen MR) is 71.8 cm³/mol. The van der Waals surface area contributed by atoms with Gasteiger partial charge in [-0.25, -0.2) is 4.98 Å². The zero-order valence-electron chi connectivity index (χ0n) is 11.9. The summed E-state index contributed by atoms with van der Waals surface area (Å²) in [6, 6.07) is 3.98. The Morgan fingerprint density at radius 1 is 1.42 bits per heavy atom. The first-order chi connectivity index (χ1) is 8.87. The maximum absolute atomic E-state index is 10.1. The van der Waals surface area contributed by atoms with Crippen LogP contribution < -0.4 is 10.1 Å². The van der Waals surface area contributed by atoms with Gasteiger partial charge >= 0.3 is 0 Å². The van der Waals surface area contributed by atoms with Gasteiger partial charge in [-0.3, -0.25) is 0 Å². The van der Waals surface area contributed by atoms with Crippen LogP contribution in [0.15, 0.2) is 12.1 Å². The van der Waals surface area contributed by atoms with Crippen LogP contribution in [0.25, 0.3) is 0 Å². The minimum atomic E-state index is -0.623. The minimum Gasteiger partial charge on any atom is -0.461 e. The zero-order chi connectivity index (χ0) is 14.0. The Morgan fingerprint density at radius 3 is 2.84 bits per heavy atom. The first-order valence-electron chi connectivity index (χ1n) is 6.61. The third kappa shape index (κ3) is 3.65. The van der Waals surface area contributed by atoms with E-state index < -0.39 is 11.9 Å². The number of fused-ring (bicyclic) bond motifs is 1. The van der Waals surface area contributed by atoms with E-state index in [1.807, 2.05) is 33.8 Å². The molecule has 0 fully saturated rings. The van der Waals surface area contributed by atoms with Gasteiger partial charge in [0.25, 0.3) is 0 Å². The van der Waals surface area contributed by atoms with Crippen molar-refractivity contribution in [1.82, 2.24) is 10.3 Å². The molecule has 2 N–H and O–H groups in total. The van der Waals surface area contributed by atoms with Gasteiger partial charge < -0.3 is 19.9 Å². The molecule has 1 aromatic rings. The molecule has 0 radical (unpaired) electrons. The van der Waals surface area contributed by atoms with Crippen molar-refractivity contribution in [2.45, 2.75) is 52.2 Å². The highest BCUT2D eigenvalue weighted by Crippen LogP contribution is 2.30. The van der Waals surface area contributed by atoms with Crippen LogP contribution in [0.4, 0.5) is 0 Å². The number of rotatable bonds is 4. The van der Waals surface area contributed by atoms with E-state index in [4.69, 9.17) is 9.47 Å². The Labute approximate surface area is 114 Å². The minimum absolute atomic E-state index is 0.333. The number of hydrogen-bond donors (Lipinski definition) is 2. The highest BCUT2D eigenvalue weighted by atomic mass is 16.7. The third-order valence-electron chi connectivity index (χ3n) is 2.93. The van der Waals surface area contributed by atoms with E-state index in [0.717, 1.165) is 11.4 Å². The van der Waals surface area contributed by atoms with E-state index in [9.17, 15) is 5.11 Å². The highest BCUT2D eigenvalue weighted by molar-refractivity contribution is 5.31. The third-order valence-corrected chi connectivity index (χ3v) is 2.93. The van der Waals surface area contributed by atoms with Crippen LogP contribution in [0.2, 0.25) is 0 Å². The van der Waals surface area contributed by atoms with Gasteiger partial charge in [-0.15, -0.1) is 0 Å². The number of nitrogens with zero attached hydrogens (tertiary/aromatic N) is 1. The van der Waals surface area contributed by atoms with E-state index in [1.165, 1.54) is 0 Å². The van der Waals surface area contributed by atoms with Crippen molar-refractivity contribution < 1.29 is 14.6 Å². The summed E-state index contributed by atoms with van der Waals surface area (Å²) in [5.74, 6) is 0.109. The summed E-state index contributed by atoms with van der Waals surface area (Å²) in [4.78, 5) is 4.42. The second-order valence-corrected chi connectivity index (χ2v) is 5.55. The van der Waals surface area contributed by atoms with Crippen LogP contribution in [0.5, 0.6) is 5.75 Å². The van der Waals surface area contributed by atoms with Crippen LogP contribution in [0.1, 0.15) is 45.2 Å². The lowest BCUT2D eigenvalue weighted by atomic mass is 10.2. The smallest absolute Gasteiger partial charge is 0.205 e. The molecule has 1 aliphatic heterocycles. The molecule has 0 saturated carbocycles. The number of nitrogens with one attached hydrogen (secondary N) is 1. The van der Waals surface area contributed by atoms with Gasteiger partial charge in [-0.1, -0.05) is 13.8 Å². The molecule has 0 aromatic carbocycles. The molecule has 1 atom stereocenters. The maximum Gasteiger partial charge on any atom is 0.205 e. The van der Waals surface area contributed by atoms with E-state index in [0.29, 0.717) is 24.9 Å². The summed E-state index contributed by atoms with van der Waals surface area (Å²) < 4.78 is 11.2. The number of aliphatic hydroxyl groups is 1. The molecule has 106 valence electrons. The van der Waals surface area contributed by atoms with E-state index in [1.54, 1.807) is 6.07 Å². The van der Waals surface area contributed by atoms with Gasteiger partial charge in [-0.05, 0) is 12.1 Å². The van der Waals surface area contributed by atoms with Crippen molar-refractivity contribution in [3.05, 3.63) is 23.5 Å². The van der Waals surface area contributed by atoms with Gasteiger partial charge in [-0.2, -0.15) is 0 Å². The molecule has 2 heterocycles. The fraction of sp³-hybridized carbons (Fsp3) is 0.643. The van der Waals surface area contributed by atoms with Gasteiger partial charge in [0, 0.05) is 26.4 Å². The average Bonchev–Trinajstić information content (AvgIpc) is 2.34. The second kappa shape index (κ2) is 5.45.